The van der Waals surface area contributed by atoms with Crippen molar-refractivity contribution >= 4 is 17.2 Å². The van der Waals surface area contributed by atoms with Gasteiger partial charge in [0, 0.05) is 25.0 Å². The van der Waals surface area contributed by atoms with E-state index in [0.717, 1.165) is 36.3 Å². The van der Waals surface area contributed by atoms with Crippen LogP contribution < -0.4 is 5.32 Å². The number of thiazole rings is 1. The van der Waals surface area contributed by atoms with E-state index in [4.69, 9.17) is 0 Å². The highest BCUT2D eigenvalue weighted by Gasteiger charge is 2.28. The fourth-order valence-corrected chi connectivity index (χ4v) is 3.67. The minimum Gasteiger partial charge on any atom is -0.390 e. The molecule has 128 valence electrons. The van der Waals surface area contributed by atoms with Crippen LogP contribution in [0.3, 0.4) is 0 Å². The third-order valence-electron chi connectivity index (χ3n) is 4.33. The van der Waals surface area contributed by atoms with Crippen molar-refractivity contribution in [2.45, 2.75) is 38.5 Å². The van der Waals surface area contributed by atoms with Gasteiger partial charge in [-0.25, -0.2) is 4.98 Å². The molecule has 2 heterocycles. The van der Waals surface area contributed by atoms with Crippen LogP contribution in [0.5, 0.6) is 0 Å². The lowest BCUT2D eigenvalue weighted by atomic mass is 10.0. The number of carbonyl (C=O) groups excluding carboxylic acids is 1. The zero-order valence-corrected chi connectivity index (χ0v) is 14.6. The molecular weight excluding hydrogens is 322 g/mol. The maximum absolute atomic E-state index is 12.2. The van der Waals surface area contributed by atoms with E-state index in [1.165, 1.54) is 0 Å². The number of hydrogen-bond acceptors (Lipinski definition) is 5. The molecule has 2 N–H and O–H groups in total. The van der Waals surface area contributed by atoms with Gasteiger partial charge in [0.2, 0.25) is 5.91 Å². The number of benzene rings is 1. The second kappa shape index (κ2) is 7.88. The SMILES string of the molecule is Cc1cccc(CC(=O)N[C@@H]2CCN(Cc3cscn3)C[C@H]2O)c1. The van der Waals surface area contributed by atoms with E-state index in [0.29, 0.717) is 13.0 Å². The van der Waals surface area contributed by atoms with Crippen molar-refractivity contribution in [2.24, 2.45) is 0 Å². The van der Waals surface area contributed by atoms with E-state index in [1.807, 2.05) is 42.1 Å². The number of nitrogens with zero attached hydrogens (tertiary/aromatic N) is 2. The third kappa shape index (κ3) is 4.63. The van der Waals surface area contributed by atoms with Crippen LogP contribution in [0, 0.1) is 6.92 Å². The van der Waals surface area contributed by atoms with Crippen LogP contribution in [0.2, 0.25) is 0 Å². The number of aryl methyl sites for hydroxylation is 1. The zero-order chi connectivity index (χ0) is 16.9. The first-order valence-electron chi connectivity index (χ1n) is 8.22. The van der Waals surface area contributed by atoms with E-state index in [9.17, 15) is 9.90 Å². The van der Waals surface area contributed by atoms with Crippen molar-refractivity contribution in [3.8, 4) is 0 Å². The summed E-state index contributed by atoms with van der Waals surface area (Å²) in [6, 6.07) is 7.79. The Morgan fingerprint density at radius 3 is 3.08 bits per heavy atom. The number of nitrogens with one attached hydrogen (secondary N) is 1. The van der Waals surface area contributed by atoms with Crippen molar-refractivity contribution in [3.05, 3.63) is 52.0 Å². The fourth-order valence-electron chi connectivity index (χ4n) is 3.12. The van der Waals surface area contributed by atoms with Crippen LogP contribution >= 0.6 is 11.3 Å². The van der Waals surface area contributed by atoms with E-state index >= 15 is 0 Å². The molecule has 1 aromatic heterocycles. The van der Waals surface area contributed by atoms with Gasteiger partial charge in [0.05, 0.1) is 29.8 Å². The number of rotatable bonds is 5. The summed E-state index contributed by atoms with van der Waals surface area (Å²) in [5.41, 5.74) is 5.01. The van der Waals surface area contributed by atoms with Crippen molar-refractivity contribution in [2.75, 3.05) is 13.1 Å². The smallest absolute Gasteiger partial charge is 0.224 e. The van der Waals surface area contributed by atoms with Crippen molar-refractivity contribution in [1.82, 2.24) is 15.2 Å². The molecule has 3 rings (SSSR count). The summed E-state index contributed by atoms with van der Waals surface area (Å²) >= 11 is 1.58. The fraction of sp³-hybridized carbons (Fsp3) is 0.444. The minimum atomic E-state index is -0.543. The van der Waals surface area contributed by atoms with Crippen molar-refractivity contribution < 1.29 is 9.90 Å². The van der Waals surface area contributed by atoms with Crippen LogP contribution in [0.15, 0.2) is 35.2 Å². The number of aliphatic hydroxyl groups is 1. The second-order valence-corrected chi connectivity index (χ2v) is 7.13. The number of likely N-dealkylation sites (tertiary alicyclic amines) is 1. The molecule has 1 amide bonds. The van der Waals surface area contributed by atoms with Crippen LogP contribution in [0.4, 0.5) is 0 Å². The minimum absolute atomic E-state index is 0.0300. The lowest BCUT2D eigenvalue weighted by molar-refractivity contribution is -0.122. The van der Waals surface area contributed by atoms with E-state index in [1.54, 1.807) is 11.3 Å². The van der Waals surface area contributed by atoms with E-state index < -0.39 is 6.10 Å². The van der Waals surface area contributed by atoms with Gasteiger partial charge < -0.3 is 10.4 Å². The molecular formula is C18H23N3O2S. The molecule has 1 aromatic carbocycles. The second-order valence-electron chi connectivity index (χ2n) is 6.41. The van der Waals surface area contributed by atoms with Gasteiger partial charge in [-0.1, -0.05) is 29.8 Å². The lowest BCUT2D eigenvalue weighted by Crippen LogP contribution is -2.54. The molecule has 0 radical (unpaired) electrons. The molecule has 6 heteroatoms. The molecule has 0 aliphatic carbocycles. The van der Waals surface area contributed by atoms with Crippen LogP contribution in [-0.2, 0) is 17.8 Å². The van der Waals surface area contributed by atoms with Gasteiger partial charge in [-0.2, -0.15) is 0 Å². The number of carbonyl (C=O) groups is 1. The number of hydrogen-bond donors (Lipinski definition) is 2. The lowest BCUT2D eigenvalue weighted by Gasteiger charge is -2.36. The first kappa shape index (κ1) is 17.1. The van der Waals surface area contributed by atoms with Crippen LogP contribution in [0.1, 0.15) is 23.2 Å². The molecule has 1 fully saturated rings. The highest BCUT2D eigenvalue weighted by molar-refractivity contribution is 7.07. The number of piperidine rings is 1. The van der Waals surface area contributed by atoms with Gasteiger partial charge in [0.25, 0.3) is 0 Å². The number of aromatic nitrogens is 1. The Labute approximate surface area is 146 Å². The summed E-state index contributed by atoms with van der Waals surface area (Å²) in [4.78, 5) is 18.7. The molecule has 0 unspecified atom stereocenters. The average molecular weight is 345 g/mol. The molecule has 1 aliphatic heterocycles. The normalized spacial score (nSPS) is 21.6. The number of aliphatic hydroxyl groups excluding tert-OH is 1. The van der Waals surface area contributed by atoms with Gasteiger partial charge in [0.1, 0.15) is 0 Å². The predicted molar refractivity (Wildman–Crippen MR) is 94.8 cm³/mol. The van der Waals surface area contributed by atoms with Gasteiger partial charge >= 0.3 is 0 Å². The van der Waals surface area contributed by atoms with Gasteiger partial charge in [-0.3, -0.25) is 9.69 Å². The first-order chi connectivity index (χ1) is 11.6. The summed E-state index contributed by atoms with van der Waals surface area (Å²) < 4.78 is 0. The highest BCUT2D eigenvalue weighted by atomic mass is 32.1. The van der Waals surface area contributed by atoms with Crippen molar-refractivity contribution in [1.29, 1.82) is 0 Å². The maximum Gasteiger partial charge on any atom is 0.224 e. The monoisotopic (exact) mass is 345 g/mol. The average Bonchev–Trinajstić information content (AvgIpc) is 3.03. The predicted octanol–water partition coefficient (Wildman–Crippen LogP) is 1.75. The maximum atomic E-state index is 12.2. The Balaban J connectivity index is 1.48. The molecule has 5 nitrogen and oxygen atoms in total. The molecule has 0 bridgehead atoms. The van der Waals surface area contributed by atoms with E-state index in [-0.39, 0.29) is 11.9 Å². The Morgan fingerprint density at radius 2 is 2.38 bits per heavy atom. The first-order valence-corrected chi connectivity index (χ1v) is 9.17. The molecule has 0 saturated carbocycles. The zero-order valence-electron chi connectivity index (χ0n) is 13.8. The van der Waals surface area contributed by atoms with Gasteiger partial charge in [-0.15, -0.1) is 11.3 Å². The molecule has 1 aliphatic rings. The number of β-amino-alcohol motifs (C(OH)–C–C–N with tert-alkyl or cyclic N) is 1. The molecule has 24 heavy (non-hydrogen) atoms. The quantitative estimate of drug-likeness (QED) is 0.866. The highest BCUT2D eigenvalue weighted by Crippen LogP contribution is 2.15. The van der Waals surface area contributed by atoms with Gasteiger partial charge in [-0.05, 0) is 18.9 Å². The summed E-state index contributed by atoms with van der Waals surface area (Å²) in [5.74, 6) is -0.0300. The standard InChI is InChI=1S/C18H23N3O2S/c1-13-3-2-4-14(7-13)8-18(23)20-16-5-6-21(10-17(16)22)9-15-11-24-12-19-15/h2-4,7,11-12,16-17,22H,5-6,8-10H2,1H3,(H,20,23)/t16-,17-/m1/s1. The summed E-state index contributed by atoms with van der Waals surface area (Å²) in [7, 11) is 0. The summed E-state index contributed by atoms with van der Waals surface area (Å²) in [6.07, 6.45) is 0.567. The number of amides is 1. The van der Waals surface area contributed by atoms with E-state index in [2.05, 4.69) is 15.2 Å². The topological polar surface area (TPSA) is 65.5 Å². The van der Waals surface area contributed by atoms with Crippen molar-refractivity contribution in [3.63, 3.8) is 0 Å². The Kier molecular flexibility index (Phi) is 5.60. The molecule has 0 spiro atoms. The summed E-state index contributed by atoms with van der Waals surface area (Å²) in [6.45, 7) is 4.19. The van der Waals surface area contributed by atoms with Crippen LogP contribution in [0.25, 0.3) is 0 Å². The third-order valence-corrected chi connectivity index (χ3v) is 4.96. The van der Waals surface area contributed by atoms with Crippen LogP contribution in [-0.4, -0.2) is 46.1 Å². The molecule has 2 atom stereocenters. The molecule has 2 aromatic rings. The van der Waals surface area contributed by atoms with Gasteiger partial charge in [0.15, 0.2) is 0 Å². The molecule has 1 saturated heterocycles. The Bertz CT molecular complexity index is 675. The Morgan fingerprint density at radius 1 is 1.50 bits per heavy atom. The largest absolute Gasteiger partial charge is 0.390 e. The Hall–Kier alpha value is -1.76. The summed E-state index contributed by atoms with van der Waals surface area (Å²) in [5, 5.41) is 15.4.